The summed E-state index contributed by atoms with van der Waals surface area (Å²) in [6, 6.07) is 3.93. The maximum absolute atomic E-state index is 5.42. The van der Waals surface area contributed by atoms with E-state index < -0.39 is 0 Å². The van der Waals surface area contributed by atoms with Gasteiger partial charge in [0.1, 0.15) is 11.5 Å². The molecule has 0 saturated carbocycles. The molecule has 0 bridgehead atoms. The highest BCUT2D eigenvalue weighted by atomic mass is 16.3. The van der Waals surface area contributed by atoms with E-state index in [0.717, 1.165) is 17.2 Å². The van der Waals surface area contributed by atoms with E-state index in [1.54, 1.807) is 10.9 Å². The minimum atomic E-state index is 0.694. The van der Waals surface area contributed by atoms with Crippen molar-refractivity contribution in [1.82, 2.24) is 9.78 Å². The molecule has 4 nitrogen and oxygen atoms in total. The number of aromatic nitrogens is 2. The van der Waals surface area contributed by atoms with E-state index in [1.807, 2.05) is 32.3 Å². The molecule has 0 aromatic carbocycles. The molecule has 0 spiro atoms. The number of hydrogen-bond donors (Lipinski definition) is 1. The highest BCUT2D eigenvalue weighted by molar-refractivity contribution is 5.38. The van der Waals surface area contributed by atoms with Crippen molar-refractivity contribution >= 4 is 5.69 Å². The summed E-state index contributed by atoms with van der Waals surface area (Å²) in [5.74, 6) is 1.87. The fourth-order valence-corrected chi connectivity index (χ4v) is 1.28. The fraction of sp³-hybridized carbons (Fsp3) is 0.300. The Morgan fingerprint density at radius 3 is 2.93 bits per heavy atom. The topological polar surface area (TPSA) is 43.0 Å². The van der Waals surface area contributed by atoms with Crippen molar-refractivity contribution in [2.24, 2.45) is 7.05 Å². The Morgan fingerprint density at radius 1 is 1.50 bits per heavy atom. The van der Waals surface area contributed by atoms with Gasteiger partial charge in [0, 0.05) is 13.2 Å². The van der Waals surface area contributed by atoms with Crippen molar-refractivity contribution in [3.05, 3.63) is 36.0 Å². The second-order valence-corrected chi connectivity index (χ2v) is 3.27. The van der Waals surface area contributed by atoms with E-state index in [4.69, 9.17) is 4.42 Å². The average molecular weight is 191 g/mol. The quantitative estimate of drug-likeness (QED) is 0.806. The molecule has 2 aromatic heterocycles. The molecule has 0 unspecified atom stereocenters. The molecular formula is C10H13N3O. The van der Waals surface area contributed by atoms with Crippen LogP contribution in [0.3, 0.4) is 0 Å². The Balaban J connectivity index is 1.94. The van der Waals surface area contributed by atoms with Gasteiger partial charge in [-0.25, -0.2) is 0 Å². The van der Waals surface area contributed by atoms with Crippen molar-refractivity contribution in [2.45, 2.75) is 13.5 Å². The lowest BCUT2D eigenvalue weighted by molar-refractivity contribution is 0.490. The summed E-state index contributed by atoms with van der Waals surface area (Å²) in [5.41, 5.74) is 1.00. The molecule has 0 fully saturated rings. The van der Waals surface area contributed by atoms with Gasteiger partial charge in [-0.1, -0.05) is 0 Å². The third-order valence-corrected chi connectivity index (χ3v) is 1.97. The second kappa shape index (κ2) is 3.57. The van der Waals surface area contributed by atoms with Crippen molar-refractivity contribution in [1.29, 1.82) is 0 Å². The number of rotatable bonds is 3. The van der Waals surface area contributed by atoms with Gasteiger partial charge in [0.05, 0.1) is 18.4 Å². The van der Waals surface area contributed by atoms with E-state index >= 15 is 0 Å². The van der Waals surface area contributed by atoms with Crippen LogP contribution in [0.15, 0.2) is 28.9 Å². The Morgan fingerprint density at radius 2 is 2.36 bits per heavy atom. The zero-order valence-electron chi connectivity index (χ0n) is 8.32. The predicted molar refractivity (Wildman–Crippen MR) is 54.0 cm³/mol. The molecule has 2 rings (SSSR count). The van der Waals surface area contributed by atoms with Crippen LogP contribution in [0.5, 0.6) is 0 Å². The molecule has 0 aliphatic rings. The number of furan rings is 1. The second-order valence-electron chi connectivity index (χ2n) is 3.27. The minimum absolute atomic E-state index is 0.694. The molecule has 0 amide bonds. The molecule has 2 heterocycles. The van der Waals surface area contributed by atoms with Crippen molar-refractivity contribution in [2.75, 3.05) is 5.32 Å². The largest absolute Gasteiger partial charge is 0.465 e. The van der Waals surface area contributed by atoms with Gasteiger partial charge in [-0.3, -0.25) is 4.68 Å². The van der Waals surface area contributed by atoms with Crippen molar-refractivity contribution in [3.63, 3.8) is 0 Å². The first-order valence-corrected chi connectivity index (χ1v) is 4.52. The number of hydrogen-bond acceptors (Lipinski definition) is 3. The molecule has 14 heavy (non-hydrogen) atoms. The number of anilines is 1. The highest BCUT2D eigenvalue weighted by Crippen LogP contribution is 2.09. The zero-order chi connectivity index (χ0) is 9.97. The summed E-state index contributed by atoms with van der Waals surface area (Å²) in [7, 11) is 1.89. The molecule has 0 saturated heterocycles. The van der Waals surface area contributed by atoms with Gasteiger partial charge in [-0.2, -0.15) is 5.10 Å². The van der Waals surface area contributed by atoms with Crippen LogP contribution in [-0.4, -0.2) is 9.78 Å². The number of nitrogens with zero attached hydrogens (tertiary/aromatic N) is 2. The molecule has 0 radical (unpaired) electrons. The standard InChI is InChI=1S/C10H13N3O/c1-8-3-4-10(14-8)6-11-9-5-12-13(2)7-9/h3-5,7,11H,6H2,1-2H3. The predicted octanol–water partition coefficient (Wildman–Crippen LogP) is 1.93. The van der Waals surface area contributed by atoms with E-state index in [9.17, 15) is 0 Å². The van der Waals surface area contributed by atoms with E-state index in [0.29, 0.717) is 6.54 Å². The van der Waals surface area contributed by atoms with Gasteiger partial charge in [0.2, 0.25) is 0 Å². The molecule has 4 heteroatoms. The van der Waals surface area contributed by atoms with Crippen molar-refractivity contribution in [3.8, 4) is 0 Å². The normalized spacial score (nSPS) is 10.4. The molecule has 0 aliphatic heterocycles. The Kier molecular flexibility index (Phi) is 2.26. The Hall–Kier alpha value is -1.71. The minimum Gasteiger partial charge on any atom is -0.465 e. The van der Waals surface area contributed by atoms with Gasteiger partial charge in [-0.05, 0) is 19.1 Å². The zero-order valence-corrected chi connectivity index (χ0v) is 8.32. The first-order valence-electron chi connectivity index (χ1n) is 4.52. The first-order chi connectivity index (χ1) is 6.74. The molecule has 74 valence electrons. The van der Waals surface area contributed by atoms with Gasteiger partial charge in [0.15, 0.2) is 0 Å². The molecule has 0 aliphatic carbocycles. The fourth-order valence-electron chi connectivity index (χ4n) is 1.28. The van der Waals surface area contributed by atoms with Gasteiger partial charge < -0.3 is 9.73 Å². The smallest absolute Gasteiger partial charge is 0.123 e. The number of nitrogens with one attached hydrogen (secondary N) is 1. The Labute approximate surface area is 82.5 Å². The third kappa shape index (κ3) is 1.96. The van der Waals surface area contributed by atoms with Crippen LogP contribution in [-0.2, 0) is 13.6 Å². The monoisotopic (exact) mass is 191 g/mol. The van der Waals surface area contributed by atoms with Crippen molar-refractivity contribution < 1.29 is 4.42 Å². The van der Waals surface area contributed by atoms with Gasteiger partial charge >= 0.3 is 0 Å². The third-order valence-electron chi connectivity index (χ3n) is 1.97. The lowest BCUT2D eigenvalue weighted by Crippen LogP contribution is -1.96. The summed E-state index contributed by atoms with van der Waals surface area (Å²) in [4.78, 5) is 0. The maximum Gasteiger partial charge on any atom is 0.123 e. The SMILES string of the molecule is Cc1ccc(CNc2cnn(C)c2)o1. The first kappa shape index (κ1) is 8.87. The number of aryl methyl sites for hydroxylation is 2. The summed E-state index contributed by atoms with van der Waals surface area (Å²) in [6.07, 6.45) is 3.71. The molecular weight excluding hydrogens is 178 g/mol. The Bertz CT molecular complexity index is 376. The average Bonchev–Trinajstić information content (AvgIpc) is 2.72. The van der Waals surface area contributed by atoms with Crippen LogP contribution in [0.4, 0.5) is 5.69 Å². The maximum atomic E-state index is 5.42. The lowest BCUT2D eigenvalue weighted by atomic mass is 10.4. The van der Waals surface area contributed by atoms with Gasteiger partial charge in [-0.15, -0.1) is 0 Å². The summed E-state index contributed by atoms with van der Waals surface area (Å²) < 4.78 is 7.18. The van der Waals surface area contributed by atoms with Crippen LogP contribution >= 0.6 is 0 Å². The van der Waals surface area contributed by atoms with E-state index in [2.05, 4.69) is 10.4 Å². The molecule has 2 aromatic rings. The highest BCUT2D eigenvalue weighted by Gasteiger charge is 1.99. The van der Waals surface area contributed by atoms with Crippen LogP contribution in [0.1, 0.15) is 11.5 Å². The summed E-state index contributed by atoms with van der Waals surface area (Å²) in [6.45, 7) is 2.63. The van der Waals surface area contributed by atoms with Crippen LogP contribution in [0, 0.1) is 6.92 Å². The summed E-state index contributed by atoms with van der Waals surface area (Å²) in [5, 5.41) is 7.28. The molecule has 1 N–H and O–H groups in total. The molecule has 0 atom stereocenters. The van der Waals surface area contributed by atoms with Crippen LogP contribution < -0.4 is 5.32 Å². The summed E-state index contributed by atoms with van der Waals surface area (Å²) >= 11 is 0. The van der Waals surface area contributed by atoms with E-state index in [1.165, 1.54) is 0 Å². The van der Waals surface area contributed by atoms with E-state index in [-0.39, 0.29) is 0 Å². The van der Waals surface area contributed by atoms with Crippen LogP contribution in [0.2, 0.25) is 0 Å². The van der Waals surface area contributed by atoms with Gasteiger partial charge in [0.25, 0.3) is 0 Å². The van der Waals surface area contributed by atoms with Crippen LogP contribution in [0.25, 0.3) is 0 Å². The lowest BCUT2D eigenvalue weighted by Gasteiger charge is -1.99.